The third-order valence-electron chi connectivity index (χ3n) is 5.04. The van der Waals surface area contributed by atoms with E-state index in [2.05, 4.69) is 15.3 Å². The van der Waals surface area contributed by atoms with Crippen molar-refractivity contribution in [2.45, 2.75) is 25.2 Å². The number of benzene rings is 1. The summed E-state index contributed by atoms with van der Waals surface area (Å²) in [6, 6.07) is 7.73. The fourth-order valence-electron chi connectivity index (χ4n) is 3.75. The number of amides is 2. The zero-order valence-corrected chi connectivity index (χ0v) is 13.5. The van der Waals surface area contributed by atoms with E-state index in [1.54, 1.807) is 11.1 Å². The first-order valence-electron chi connectivity index (χ1n) is 8.15. The molecule has 1 spiro atoms. The third-order valence-corrected chi connectivity index (χ3v) is 5.04. The van der Waals surface area contributed by atoms with Crippen LogP contribution in [0, 0.1) is 0 Å². The van der Waals surface area contributed by atoms with Crippen LogP contribution in [0.15, 0.2) is 36.8 Å². The van der Waals surface area contributed by atoms with Gasteiger partial charge < -0.3 is 10.2 Å². The van der Waals surface area contributed by atoms with E-state index >= 15 is 0 Å². The molecule has 4 rings (SSSR count). The number of fused-ring (bicyclic) bond motifs is 2. The van der Waals surface area contributed by atoms with Gasteiger partial charge in [0.15, 0.2) is 0 Å². The second kappa shape index (κ2) is 5.40. The zero-order valence-electron chi connectivity index (χ0n) is 13.5. The number of anilines is 1. The summed E-state index contributed by atoms with van der Waals surface area (Å²) in [5.74, 6) is -0.111. The molecule has 1 aromatic carbocycles. The van der Waals surface area contributed by atoms with Crippen LogP contribution in [0.25, 0.3) is 0 Å². The van der Waals surface area contributed by atoms with Gasteiger partial charge in [-0.15, -0.1) is 0 Å². The van der Waals surface area contributed by atoms with Crippen LogP contribution >= 0.6 is 0 Å². The number of likely N-dealkylation sites (tertiary alicyclic amines) is 1. The molecule has 1 atom stereocenters. The molecular formula is C18H18N4O2. The monoisotopic (exact) mass is 322 g/mol. The molecule has 0 bridgehead atoms. The number of hydrogen-bond acceptors (Lipinski definition) is 4. The normalized spacial score (nSPS) is 21.9. The predicted molar refractivity (Wildman–Crippen MR) is 88.7 cm³/mol. The summed E-state index contributed by atoms with van der Waals surface area (Å²) in [7, 11) is 0. The number of nitrogens with one attached hydrogen (secondary N) is 1. The van der Waals surface area contributed by atoms with E-state index in [9.17, 15) is 9.59 Å². The van der Waals surface area contributed by atoms with Crippen LogP contribution in [-0.2, 0) is 16.6 Å². The molecule has 2 aliphatic rings. The van der Waals surface area contributed by atoms with Crippen LogP contribution in [-0.4, -0.2) is 39.8 Å². The second-order valence-corrected chi connectivity index (χ2v) is 6.30. The fraction of sp³-hybridized carbons (Fsp3) is 0.333. The molecule has 2 aromatic rings. The summed E-state index contributed by atoms with van der Waals surface area (Å²) in [6.45, 7) is 2.91. The lowest BCUT2D eigenvalue weighted by Gasteiger charge is -2.23. The Labute approximate surface area is 139 Å². The van der Waals surface area contributed by atoms with Gasteiger partial charge in [-0.1, -0.05) is 25.1 Å². The van der Waals surface area contributed by atoms with Crippen molar-refractivity contribution in [1.29, 1.82) is 0 Å². The number of hydrogen-bond donors (Lipinski definition) is 1. The van der Waals surface area contributed by atoms with E-state index in [0.717, 1.165) is 16.9 Å². The highest BCUT2D eigenvalue weighted by molar-refractivity contribution is 6.07. The average molecular weight is 322 g/mol. The lowest BCUT2D eigenvalue weighted by atomic mass is 9.81. The molecule has 1 fully saturated rings. The Balaban J connectivity index is 1.66. The quantitative estimate of drug-likeness (QED) is 0.914. The molecule has 2 amide bonds. The first-order valence-corrected chi connectivity index (χ1v) is 8.15. The Morgan fingerprint density at radius 1 is 1.38 bits per heavy atom. The number of carbonyl (C=O) groups is 2. The number of carbonyl (C=O) groups excluding carboxylic acids is 2. The molecule has 1 saturated heterocycles. The fourth-order valence-corrected chi connectivity index (χ4v) is 3.75. The molecule has 0 aliphatic carbocycles. The van der Waals surface area contributed by atoms with Crippen molar-refractivity contribution in [1.82, 2.24) is 14.9 Å². The molecule has 6 heteroatoms. The van der Waals surface area contributed by atoms with Gasteiger partial charge in [0.1, 0.15) is 6.33 Å². The highest BCUT2D eigenvalue weighted by Crippen LogP contribution is 2.44. The molecule has 3 heterocycles. The smallest absolute Gasteiger partial charge is 0.257 e. The standard InChI is InChI=1S/C18H18N4O2/c1-2-14-12(9-19-11-20-14)16(23)22-8-7-18(10-22)13-5-3-4-6-15(13)21-17(18)24/h3-6,9,11H,2,7-8,10H2,1H3,(H,21,24). The SMILES string of the molecule is CCc1ncncc1C(=O)N1CCC2(C1)C(=O)Nc1ccccc12. The van der Waals surface area contributed by atoms with Crippen molar-refractivity contribution in [3.63, 3.8) is 0 Å². The third kappa shape index (κ3) is 2.02. The van der Waals surface area contributed by atoms with Gasteiger partial charge >= 0.3 is 0 Å². The van der Waals surface area contributed by atoms with Crippen LogP contribution < -0.4 is 5.32 Å². The minimum atomic E-state index is -0.631. The Morgan fingerprint density at radius 3 is 3.04 bits per heavy atom. The molecule has 24 heavy (non-hydrogen) atoms. The number of nitrogens with zero attached hydrogens (tertiary/aromatic N) is 3. The van der Waals surface area contributed by atoms with Crippen molar-refractivity contribution in [3.8, 4) is 0 Å². The van der Waals surface area contributed by atoms with Crippen LogP contribution in [0.5, 0.6) is 0 Å². The van der Waals surface area contributed by atoms with E-state index in [-0.39, 0.29) is 11.8 Å². The van der Waals surface area contributed by atoms with Crippen molar-refractivity contribution in [3.05, 3.63) is 53.6 Å². The van der Waals surface area contributed by atoms with Crippen LogP contribution in [0.4, 0.5) is 5.69 Å². The van der Waals surface area contributed by atoms with Gasteiger partial charge in [0.05, 0.1) is 16.7 Å². The first-order chi connectivity index (χ1) is 11.7. The molecule has 6 nitrogen and oxygen atoms in total. The summed E-state index contributed by atoms with van der Waals surface area (Å²) in [5, 5.41) is 2.95. The highest BCUT2D eigenvalue weighted by atomic mass is 16.2. The zero-order chi connectivity index (χ0) is 16.7. The summed E-state index contributed by atoms with van der Waals surface area (Å²) >= 11 is 0. The maximum atomic E-state index is 12.9. The van der Waals surface area contributed by atoms with E-state index in [1.807, 2.05) is 31.2 Å². The molecule has 2 aliphatic heterocycles. The minimum Gasteiger partial charge on any atom is -0.337 e. The van der Waals surface area contributed by atoms with Crippen LogP contribution in [0.2, 0.25) is 0 Å². The largest absolute Gasteiger partial charge is 0.337 e. The Hall–Kier alpha value is -2.76. The molecule has 1 N–H and O–H groups in total. The molecular weight excluding hydrogens is 304 g/mol. The van der Waals surface area contributed by atoms with Gasteiger partial charge in [-0.3, -0.25) is 9.59 Å². The molecule has 1 aromatic heterocycles. The summed E-state index contributed by atoms with van der Waals surface area (Å²) < 4.78 is 0. The Morgan fingerprint density at radius 2 is 2.21 bits per heavy atom. The highest BCUT2D eigenvalue weighted by Gasteiger charge is 2.52. The van der Waals surface area contributed by atoms with Gasteiger partial charge in [-0.05, 0) is 24.5 Å². The lowest BCUT2D eigenvalue weighted by Crippen LogP contribution is -2.39. The Kier molecular flexibility index (Phi) is 3.33. The number of aromatic nitrogens is 2. The van der Waals surface area contributed by atoms with Crippen molar-refractivity contribution < 1.29 is 9.59 Å². The van der Waals surface area contributed by atoms with E-state index in [4.69, 9.17) is 0 Å². The van der Waals surface area contributed by atoms with Crippen LogP contribution in [0.1, 0.15) is 35.0 Å². The van der Waals surface area contributed by atoms with Gasteiger partial charge in [0.25, 0.3) is 5.91 Å². The lowest BCUT2D eigenvalue weighted by molar-refractivity contribution is -0.120. The topological polar surface area (TPSA) is 75.2 Å². The average Bonchev–Trinajstić information content (AvgIpc) is 3.18. The summed E-state index contributed by atoms with van der Waals surface area (Å²) in [6.07, 6.45) is 4.34. The molecule has 122 valence electrons. The number of aryl methyl sites for hydroxylation is 1. The number of rotatable bonds is 2. The van der Waals surface area contributed by atoms with Gasteiger partial charge in [-0.25, -0.2) is 9.97 Å². The van der Waals surface area contributed by atoms with E-state index in [1.165, 1.54) is 6.33 Å². The predicted octanol–water partition coefficient (Wildman–Crippen LogP) is 1.77. The van der Waals surface area contributed by atoms with Crippen LogP contribution in [0.3, 0.4) is 0 Å². The maximum absolute atomic E-state index is 12.9. The van der Waals surface area contributed by atoms with Crippen molar-refractivity contribution in [2.75, 3.05) is 18.4 Å². The second-order valence-electron chi connectivity index (χ2n) is 6.30. The van der Waals surface area contributed by atoms with Gasteiger partial charge in [0, 0.05) is 25.0 Å². The number of para-hydroxylation sites is 1. The van der Waals surface area contributed by atoms with E-state index < -0.39 is 5.41 Å². The maximum Gasteiger partial charge on any atom is 0.257 e. The molecule has 1 unspecified atom stereocenters. The van der Waals surface area contributed by atoms with E-state index in [0.29, 0.717) is 31.5 Å². The molecule has 0 radical (unpaired) electrons. The van der Waals surface area contributed by atoms with Crippen molar-refractivity contribution in [2.24, 2.45) is 0 Å². The summed E-state index contributed by atoms with van der Waals surface area (Å²) in [5.41, 5.74) is 2.49. The summed E-state index contributed by atoms with van der Waals surface area (Å²) in [4.78, 5) is 35.4. The Bertz CT molecular complexity index is 835. The first kappa shape index (κ1) is 14.8. The van der Waals surface area contributed by atoms with Crippen molar-refractivity contribution >= 4 is 17.5 Å². The van der Waals surface area contributed by atoms with Gasteiger partial charge in [0.2, 0.25) is 5.91 Å². The van der Waals surface area contributed by atoms with Gasteiger partial charge in [-0.2, -0.15) is 0 Å². The minimum absolute atomic E-state index is 0.0148. The molecule has 0 saturated carbocycles.